The van der Waals surface area contributed by atoms with Crippen molar-refractivity contribution in [3.63, 3.8) is 0 Å². The lowest BCUT2D eigenvalue weighted by Crippen LogP contribution is -2.38. The third kappa shape index (κ3) is 5.94. The molecule has 0 spiro atoms. The fourth-order valence-electron chi connectivity index (χ4n) is 3.00. The van der Waals surface area contributed by atoms with E-state index in [1.54, 1.807) is 6.07 Å². The normalized spacial score (nSPS) is 14.6. The fraction of sp³-hybridized carbons (Fsp3) is 0.409. The first-order valence-electron chi connectivity index (χ1n) is 10.2. The minimum atomic E-state index is -0.513. The lowest BCUT2D eigenvalue weighted by Gasteiger charge is -2.28. The van der Waals surface area contributed by atoms with Crippen LogP contribution in [0.1, 0.15) is 68.5 Å². The summed E-state index contributed by atoms with van der Waals surface area (Å²) in [5, 5.41) is 16.9. The van der Waals surface area contributed by atoms with Crippen molar-refractivity contribution in [2.75, 3.05) is 11.9 Å². The molecule has 156 valence electrons. The molecule has 0 bridgehead atoms. The van der Waals surface area contributed by atoms with Crippen molar-refractivity contribution < 1.29 is 14.5 Å². The van der Waals surface area contributed by atoms with Crippen LogP contribution in [-0.2, 0) is 0 Å². The average molecular weight is 399 g/mol. The van der Waals surface area contributed by atoms with E-state index in [1.807, 2.05) is 38.1 Å². The number of benzene rings is 2. The number of amides is 1. The number of carbonyl (C=O) groups excluding carboxylic acids is 1. The number of unbranched alkanes of at least 4 members (excludes halogenated alkanes) is 3. The Bertz CT molecular complexity index is 821. The molecule has 0 saturated carbocycles. The van der Waals surface area contributed by atoms with E-state index in [1.165, 1.54) is 31.4 Å². The van der Waals surface area contributed by atoms with Gasteiger partial charge >= 0.3 is 0 Å². The lowest BCUT2D eigenvalue weighted by atomic mass is 10.0. The maximum absolute atomic E-state index is 12.3. The number of nitrogens with zero attached hydrogens (tertiary/aromatic N) is 1. The SMILES string of the molecule is CC.CCCCCCOc1ccc(C2NC(=O)c3cc([N+](=O)[O-])ccc3N2)cc1. The van der Waals surface area contributed by atoms with Gasteiger partial charge in [0, 0.05) is 17.8 Å². The van der Waals surface area contributed by atoms with Crippen molar-refractivity contribution in [2.45, 2.75) is 52.6 Å². The molecular formula is C22H29N3O4. The highest BCUT2D eigenvalue weighted by atomic mass is 16.6. The Hall–Kier alpha value is -3.09. The van der Waals surface area contributed by atoms with Crippen LogP contribution in [0.3, 0.4) is 0 Å². The monoisotopic (exact) mass is 399 g/mol. The summed E-state index contributed by atoms with van der Waals surface area (Å²) in [5.74, 6) is 0.460. The maximum Gasteiger partial charge on any atom is 0.270 e. The van der Waals surface area contributed by atoms with Crippen LogP contribution in [0.15, 0.2) is 42.5 Å². The van der Waals surface area contributed by atoms with Gasteiger partial charge in [0.1, 0.15) is 11.9 Å². The molecule has 0 saturated heterocycles. The Morgan fingerprint density at radius 3 is 2.41 bits per heavy atom. The van der Waals surface area contributed by atoms with Gasteiger partial charge in [-0.2, -0.15) is 0 Å². The smallest absolute Gasteiger partial charge is 0.270 e. The van der Waals surface area contributed by atoms with E-state index < -0.39 is 11.1 Å². The number of anilines is 1. The Morgan fingerprint density at radius 1 is 1.03 bits per heavy atom. The number of hydrogen-bond donors (Lipinski definition) is 2. The number of nitro benzene ring substituents is 1. The van der Waals surface area contributed by atoms with E-state index in [4.69, 9.17) is 4.74 Å². The first-order valence-corrected chi connectivity index (χ1v) is 10.2. The quantitative estimate of drug-likeness (QED) is 0.350. The molecule has 2 N–H and O–H groups in total. The van der Waals surface area contributed by atoms with Gasteiger partial charge in [0.25, 0.3) is 11.6 Å². The predicted molar refractivity (Wildman–Crippen MR) is 114 cm³/mol. The number of nitrogens with one attached hydrogen (secondary N) is 2. The molecule has 7 nitrogen and oxygen atoms in total. The number of nitro groups is 1. The topological polar surface area (TPSA) is 93.5 Å². The van der Waals surface area contributed by atoms with Gasteiger partial charge in [-0.1, -0.05) is 52.2 Å². The average Bonchev–Trinajstić information content (AvgIpc) is 2.75. The van der Waals surface area contributed by atoms with Crippen molar-refractivity contribution >= 4 is 17.3 Å². The molecule has 7 heteroatoms. The zero-order valence-corrected chi connectivity index (χ0v) is 17.2. The second-order valence-corrected chi connectivity index (χ2v) is 6.52. The molecule has 0 aliphatic carbocycles. The van der Waals surface area contributed by atoms with Crippen LogP contribution in [0.5, 0.6) is 5.75 Å². The van der Waals surface area contributed by atoms with Gasteiger partial charge in [-0.15, -0.1) is 0 Å². The van der Waals surface area contributed by atoms with E-state index >= 15 is 0 Å². The van der Waals surface area contributed by atoms with Crippen LogP contribution >= 0.6 is 0 Å². The highest BCUT2D eigenvalue weighted by molar-refractivity contribution is 6.02. The molecule has 0 radical (unpaired) electrons. The number of non-ortho nitro benzene ring substituents is 1. The van der Waals surface area contributed by atoms with Crippen LogP contribution in [0, 0.1) is 10.1 Å². The summed E-state index contributed by atoms with van der Waals surface area (Å²) in [6, 6.07) is 11.8. The molecular weight excluding hydrogens is 370 g/mol. The van der Waals surface area contributed by atoms with Crippen molar-refractivity contribution in [3.05, 3.63) is 63.7 Å². The van der Waals surface area contributed by atoms with Gasteiger partial charge in [-0.05, 0) is 30.2 Å². The van der Waals surface area contributed by atoms with E-state index in [9.17, 15) is 14.9 Å². The third-order valence-corrected chi connectivity index (χ3v) is 4.51. The van der Waals surface area contributed by atoms with Gasteiger partial charge in [-0.3, -0.25) is 14.9 Å². The molecule has 0 fully saturated rings. The summed E-state index contributed by atoms with van der Waals surface area (Å²) in [5.41, 5.74) is 1.62. The van der Waals surface area contributed by atoms with Gasteiger partial charge in [-0.25, -0.2) is 0 Å². The van der Waals surface area contributed by atoms with E-state index in [0.717, 1.165) is 17.7 Å². The van der Waals surface area contributed by atoms with E-state index in [2.05, 4.69) is 17.6 Å². The van der Waals surface area contributed by atoms with Gasteiger partial charge in [0.15, 0.2) is 0 Å². The van der Waals surface area contributed by atoms with Crippen molar-refractivity contribution in [1.29, 1.82) is 0 Å². The number of ether oxygens (including phenoxy) is 1. The number of fused-ring (bicyclic) bond motifs is 1. The standard InChI is InChI=1S/C20H23N3O4.C2H6/c1-2-3-4-5-12-27-16-9-6-14(7-10-16)19-21-18-11-8-15(23(25)26)13-17(18)20(24)22-19;1-2/h6-11,13,19,21H,2-5,12H2,1H3,(H,22,24);1-2H3. The van der Waals surface area contributed by atoms with Crippen molar-refractivity contribution in [3.8, 4) is 5.75 Å². The third-order valence-electron chi connectivity index (χ3n) is 4.51. The fourth-order valence-corrected chi connectivity index (χ4v) is 3.00. The van der Waals surface area contributed by atoms with Crippen LogP contribution in [0.2, 0.25) is 0 Å². The van der Waals surface area contributed by atoms with Crippen LogP contribution < -0.4 is 15.4 Å². The Balaban J connectivity index is 0.00000145. The van der Waals surface area contributed by atoms with Gasteiger partial charge < -0.3 is 15.4 Å². The summed E-state index contributed by atoms with van der Waals surface area (Å²) in [6.07, 6.45) is 4.24. The molecule has 1 atom stereocenters. The molecule has 1 unspecified atom stereocenters. The maximum atomic E-state index is 12.3. The van der Waals surface area contributed by atoms with Crippen molar-refractivity contribution in [1.82, 2.24) is 5.32 Å². The summed E-state index contributed by atoms with van der Waals surface area (Å²) in [6.45, 7) is 6.88. The minimum absolute atomic E-state index is 0.107. The number of rotatable bonds is 8. The molecule has 2 aromatic rings. The molecule has 1 aliphatic heterocycles. The lowest BCUT2D eigenvalue weighted by molar-refractivity contribution is -0.384. The molecule has 1 amide bonds. The Morgan fingerprint density at radius 2 is 1.76 bits per heavy atom. The molecule has 1 heterocycles. The summed E-state index contributed by atoms with van der Waals surface area (Å²) >= 11 is 0. The van der Waals surface area contributed by atoms with Crippen LogP contribution in [0.4, 0.5) is 11.4 Å². The highest BCUT2D eigenvalue weighted by Crippen LogP contribution is 2.30. The Labute approximate surface area is 171 Å². The minimum Gasteiger partial charge on any atom is -0.494 e. The predicted octanol–water partition coefficient (Wildman–Crippen LogP) is 5.43. The van der Waals surface area contributed by atoms with Crippen LogP contribution in [-0.4, -0.2) is 17.4 Å². The van der Waals surface area contributed by atoms with E-state index in [0.29, 0.717) is 12.3 Å². The first kappa shape index (κ1) is 22.2. The second kappa shape index (κ2) is 11.0. The summed E-state index contributed by atoms with van der Waals surface area (Å²) < 4.78 is 5.74. The summed E-state index contributed by atoms with van der Waals surface area (Å²) in [7, 11) is 0. The first-order chi connectivity index (χ1) is 14.1. The molecule has 0 aromatic heterocycles. The van der Waals surface area contributed by atoms with Crippen molar-refractivity contribution in [2.24, 2.45) is 0 Å². The Kier molecular flexibility index (Phi) is 8.45. The molecule has 29 heavy (non-hydrogen) atoms. The van der Waals surface area contributed by atoms with E-state index in [-0.39, 0.29) is 17.2 Å². The highest BCUT2D eigenvalue weighted by Gasteiger charge is 2.26. The summed E-state index contributed by atoms with van der Waals surface area (Å²) in [4.78, 5) is 22.7. The zero-order chi connectivity index (χ0) is 21.2. The van der Waals surface area contributed by atoms with Crippen LogP contribution in [0.25, 0.3) is 0 Å². The van der Waals surface area contributed by atoms with Gasteiger partial charge in [0.05, 0.1) is 17.1 Å². The second-order valence-electron chi connectivity index (χ2n) is 6.52. The molecule has 2 aromatic carbocycles. The molecule has 1 aliphatic rings. The number of carbonyl (C=O) groups is 1. The largest absolute Gasteiger partial charge is 0.494 e. The molecule has 3 rings (SSSR count). The van der Waals surface area contributed by atoms with Gasteiger partial charge in [0.2, 0.25) is 0 Å². The number of hydrogen-bond acceptors (Lipinski definition) is 5. The zero-order valence-electron chi connectivity index (χ0n) is 17.2.